The van der Waals surface area contributed by atoms with Crippen molar-refractivity contribution in [1.29, 1.82) is 0 Å². The molecule has 0 fully saturated rings. The number of methoxy groups -OCH3 is 1. The van der Waals surface area contributed by atoms with Gasteiger partial charge >= 0.3 is 0 Å². The molecule has 0 radical (unpaired) electrons. The van der Waals surface area contributed by atoms with Gasteiger partial charge in [-0.05, 0) is 36.9 Å². The van der Waals surface area contributed by atoms with E-state index in [9.17, 15) is 13.2 Å². The molecular formula is C15H14F3NO. The third kappa shape index (κ3) is 2.77. The Morgan fingerprint density at radius 1 is 1.05 bits per heavy atom. The Labute approximate surface area is 115 Å². The first kappa shape index (κ1) is 14.4. The van der Waals surface area contributed by atoms with Gasteiger partial charge in [-0.2, -0.15) is 0 Å². The maximum absolute atomic E-state index is 14.1. The maximum Gasteiger partial charge on any atom is 0.132 e. The van der Waals surface area contributed by atoms with Crippen LogP contribution in [0, 0.1) is 17.5 Å². The van der Waals surface area contributed by atoms with E-state index in [4.69, 9.17) is 4.74 Å². The van der Waals surface area contributed by atoms with Crippen molar-refractivity contribution in [1.82, 2.24) is 5.32 Å². The second-order valence-electron chi connectivity index (χ2n) is 4.28. The molecule has 2 rings (SSSR count). The molecule has 106 valence electrons. The standard InChI is InChI=1S/C15H14F3NO/c1-19-15(9-6-10(16)8-11(17)7-9)14-12(18)4-3-5-13(14)20-2/h3-8,15,19H,1-2H3. The molecule has 1 unspecified atom stereocenters. The highest BCUT2D eigenvalue weighted by molar-refractivity contribution is 5.42. The number of hydrogen-bond acceptors (Lipinski definition) is 2. The van der Waals surface area contributed by atoms with Crippen molar-refractivity contribution in [2.45, 2.75) is 6.04 Å². The summed E-state index contributed by atoms with van der Waals surface area (Å²) in [5.41, 5.74) is 0.496. The molecule has 0 aliphatic heterocycles. The number of hydrogen-bond donors (Lipinski definition) is 1. The predicted molar refractivity (Wildman–Crippen MR) is 70.2 cm³/mol. The van der Waals surface area contributed by atoms with Gasteiger partial charge in [0.15, 0.2) is 0 Å². The summed E-state index contributed by atoms with van der Waals surface area (Å²) in [5.74, 6) is -1.62. The molecule has 0 heterocycles. The minimum atomic E-state index is -0.712. The highest BCUT2D eigenvalue weighted by atomic mass is 19.1. The van der Waals surface area contributed by atoms with Crippen molar-refractivity contribution in [2.75, 3.05) is 14.2 Å². The highest BCUT2D eigenvalue weighted by Crippen LogP contribution is 2.32. The summed E-state index contributed by atoms with van der Waals surface area (Å²) in [7, 11) is 3.00. The molecule has 5 heteroatoms. The van der Waals surface area contributed by atoms with Gasteiger partial charge < -0.3 is 10.1 Å². The van der Waals surface area contributed by atoms with Crippen LogP contribution in [-0.4, -0.2) is 14.2 Å². The van der Waals surface area contributed by atoms with Gasteiger partial charge in [0.05, 0.1) is 18.7 Å². The molecule has 0 amide bonds. The summed E-state index contributed by atoms with van der Waals surface area (Å²) in [5, 5.41) is 2.85. The molecule has 0 aromatic heterocycles. The molecule has 2 aromatic rings. The molecule has 20 heavy (non-hydrogen) atoms. The maximum atomic E-state index is 14.1. The Morgan fingerprint density at radius 3 is 2.25 bits per heavy atom. The topological polar surface area (TPSA) is 21.3 Å². The van der Waals surface area contributed by atoms with Crippen molar-refractivity contribution < 1.29 is 17.9 Å². The Hall–Kier alpha value is -2.01. The number of rotatable bonds is 4. The molecule has 2 aromatic carbocycles. The van der Waals surface area contributed by atoms with Crippen LogP contribution in [0.2, 0.25) is 0 Å². The number of nitrogens with one attached hydrogen (secondary N) is 1. The van der Waals surface area contributed by atoms with E-state index in [1.807, 2.05) is 0 Å². The van der Waals surface area contributed by atoms with Crippen molar-refractivity contribution in [3.05, 3.63) is 65.0 Å². The van der Waals surface area contributed by atoms with Crippen molar-refractivity contribution >= 4 is 0 Å². The first-order valence-electron chi connectivity index (χ1n) is 6.02. The summed E-state index contributed by atoms with van der Waals surface area (Å²) >= 11 is 0. The van der Waals surface area contributed by atoms with E-state index < -0.39 is 23.5 Å². The van der Waals surface area contributed by atoms with E-state index >= 15 is 0 Å². The molecule has 0 saturated heterocycles. The average molecular weight is 281 g/mol. The molecule has 0 spiro atoms. The van der Waals surface area contributed by atoms with Gasteiger partial charge in [0.1, 0.15) is 23.2 Å². The Bertz CT molecular complexity index is 596. The molecule has 0 bridgehead atoms. The van der Waals surface area contributed by atoms with Crippen molar-refractivity contribution in [3.8, 4) is 5.75 Å². The van der Waals surface area contributed by atoms with E-state index in [0.29, 0.717) is 5.75 Å². The van der Waals surface area contributed by atoms with Gasteiger partial charge in [0, 0.05) is 6.07 Å². The SMILES string of the molecule is CNC(c1cc(F)cc(F)c1)c1c(F)cccc1OC. The number of ether oxygens (including phenoxy) is 1. The second kappa shape index (κ2) is 5.96. The molecule has 0 aliphatic rings. The lowest BCUT2D eigenvalue weighted by molar-refractivity contribution is 0.398. The Kier molecular flexibility index (Phi) is 4.29. The van der Waals surface area contributed by atoms with E-state index in [1.165, 1.54) is 19.2 Å². The zero-order valence-electron chi connectivity index (χ0n) is 11.1. The van der Waals surface area contributed by atoms with Crippen LogP contribution in [0.25, 0.3) is 0 Å². The zero-order valence-corrected chi connectivity index (χ0v) is 11.1. The number of halogens is 3. The minimum absolute atomic E-state index is 0.211. The van der Waals surface area contributed by atoms with Gasteiger partial charge in [0.2, 0.25) is 0 Å². The smallest absolute Gasteiger partial charge is 0.132 e. The van der Waals surface area contributed by atoms with Crippen LogP contribution < -0.4 is 10.1 Å². The third-order valence-corrected chi connectivity index (χ3v) is 3.03. The Morgan fingerprint density at radius 2 is 1.70 bits per heavy atom. The normalized spacial score (nSPS) is 12.2. The van der Waals surface area contributed by atoms with E-state index in [0.717, 1.165) is 18.2 Å². The van der Waals surface area contributed by atoms with Gasteiger partial charge in [0.25, 0.3) is 0 Å². The first-order valence-corrected chi connectivity index (χ1v) is 6.02. The van der Waals surface area contributed by atoms with Crippen LogP contribution >= 0.6 is 0 Å². The number of benzene rings is 2. The van der Waals surface area contributed by atoms with Crippen LogP contribution in [-0.2, 0) is 0 Å². The van der Waals surface area contributed by atoms with Gasteiger partial charge in [-0.1, -0.05) is 6.07 Å². The van der Waals surface area contributed by atoms with Crippen LogP contribution in [0.15, 0.2) is 36.4 Å². The van der Waals surface area contributed by atoms with E-state index in [2.05, 4.69) is 5.32 Å². The molecule has 1 N–H and O–H groups in total. The zero-order chi connectivity index (χ0) is 14.7. The average Bonchev–Trinajstić information content (AvgIpc) is 2.40. The van der Waals surface area contributed by atoms with Crippen molar-refractivity contribution in [2.24, 2.45) is 0 Å². The minimum Gasteiger partial charge on any atom is -0.496 e. The summed E-state index contributed by atoms with van der Waals surface area (Å²) < 4.78 is 45.8. The molecule has 2 nitrogen and oxygen atoms in total. The third-order valence-electron chi connectivity index (χ3n) is 3.03. The van der Waals surface area contributed by atoms with Crippen LogP contribution in [0.4, 0.5) is 13.2 Å². The van der Waals surface area contributed by atoms with E-state index in [-0.39, 0.29) is 11.1 Å². The summed E-state index contributed by atoms with van der Waals surface area (Å²) in [6.07, 6.45) is 0. The Balaban J connectivity index is 2.58. The van der Waals surface area contributed by atoms with Crippen LogP contribution in [0.3, 0.4) is 0 Å². The van der Waals surface area contributed by atoms with E-state index in [1.54, 1.807) is 13.1 Å². The second-order valence-corrected chi connectivity index (χ2v) is 4.28. The summed E-state index contributed by atoms with van der Waals surface area (Å²) in [6, 6.07) is 6.77. The largest absolute Gasteiger partial charge is 0.496 e. The fraction of sp³-hybridized carbons (Fsp3) is 0.200. The first-order chi connectivity index (χ1) is 9.56. The van der Waals surface area contributed by atoms with Crippen LogP contribution in [0.1, 0.15) is 17.2 Å². The molecular weight excluding hydrogens is 267 g/mol. The predicted octanol–water partition coefficient (Wildman–Crippen LogP) is 3.42. The fourth-order valence-corrected chi connectivity index (χ4v) is 2.19. The van der Waals surface area contributed by atoms with Gasteiger partial charge in [-0.25, -0.2) is 13.2 Å². The molecule has 1 atom stereocenters. The lowest BCUT2D eigenvalue weighted by Gasteiger charge is -2.20. The van der Waals surface area contributed by atoms with Gasteiger partial charge in [-0.15, -0.1) is 0 Å². The van der Waals surface area contributed by atoms with Crippen molar-refractivity contribution in [3.63, 3.8) is 0 Å². The summed E-state index contributed by atoms with van der Waals surface area (Å²) in [6.45, 7) is 0. The highest BCUT2D eigenvalue weighted by Gasteiger charge is 2.21. The lowest BCUT2D eigenvalue weighted by Crippen LogP contribution is -2.20. The van der Waals surface area contributed by atoms with Gasteiger partial charge in [-0.3, -0.25) is 0 Å². The molecule has 0 aliphatic carbocycles. The van der Waals surface area contributed by atoms with Crippen LogP contribution in [0.5, 0.6) is 5.75 Å². The fourth-order valence-electron chi connectivity index (χ4n) is 2.19. The molecule has 0 saturated carbocycles. The quantitative estimate of drug-likeness (QED) is 0.927. The monoisotopic (exact) mass is 281 g/mol. The lowest BCUT2D eigenvalue weighted by atomic mass is 9.97. The summed E-state index contributed by atoms with van der Waals surface area (Å²) in [4.78, 5) is 0.